The number of amides is 1. The van der Waals surface area contributed by atoms with Crippen LogP contribution in [0.3, 0.4) is 0 Å². The van der Waals surface area contributed by atoms with Crippen LogP contribution in [-0.4, -0.2) is 10.8 Å². The molecule has 0 aliphatic rings. The molecule has 0 aliphatic carbocycles. The third-order valence-electron chi connectivity index (χ3n) is 3.57. The van der Waals surface area contributed by atoms with Gasteiger partial charge in [0.1, 0.15) is 11.6 Å². The van der Waals surface area contributed by atoms with Gasteiger partial charge >= 0.3 is 0 Å². The third kappa shape index (κ3) is 4.37. The number of nitrogens with zero attached hydrogens (tertiary/aromatic N) is 2. The summed E-state index contributed by atoms with van der Waals surface area (Å²) < 4.78 is 0. The number of halogens is 1. The first-order valence-electron chi connectivity index (χ1n) is 7.46. The van der Waals surface area contributed by atoms with Crippen molar-refractivity contribution >= 4 is 29.3 Å². The standard InChI is InChI=1S/C18H14ClN3O4/c1-11(12-5-3-2-4-6-12)21-18(24)14(10-20)7-13-8-15(19)9-16(17(13)23)22(25)26/h2-9,11,23H,1H3,(H,21,24)/p-1/b14-7+/t11-/m1/s1. The van der Waals surface area contributed by atoms with E-state index in [0.717, 1.165) is 17.7 Å². The molecule has 8 heteroatoms. The molecular formula is C18H13ClN3O4-. The normalized spacial score (nSPS) is 12.1. The summed E-state index contributed by atoms with van der Waals surface area (Å²) in [6, 6.07) is 12.5. The number of carbonyl (C=O) groups excluding carboxylic acids is 1. The Labute approximate surface area is 154 Å². The maximum Gasteiger partial charge on any atom is 0.263 e. The molecule has 0 heterocycles. The van der Waals surface area contributed by atoms with E-state index in [2.05, 4.69) is 5.32 Å². The summed E-state index contributed by atoms with van der Waals surface area (Å²) in [5.41, 5.74) is -0.454. The second-order valence-corrected chi connectivity index (χ2v) is 5.81. The summed E-state index contributed by atoms with van der Waals surface area (Å²) in [7, 11) is 0. The smallest absolute Gasteiger partial charge is 0.263 e. The first-order chi connectivity index (χ1) is 12.3. The highest BCUT2D eigenvalue weighted by molar-refractivity contribution is 6.31. The van der Waals surface area contributed by atoms with Crippen molar-refractivity contribution in [1.29, 1.82) is 5.26 Å². The van der Waals surface area contributed by atoms with E-state index in [9.17, 15) is 25.3 Å². The first-order valence-corrected chi connectivity index (χ1v) is 7.83. The zero-order valence-corrected chi connectivity index (χ0v) is 14.4. The van der Waals surface area contributed by atoms with Gasteiger partial charge in [-0.2, -0.15) is 5.26 Å². The van der Waals surface area contributed by atoms with Crippen LogP contribution in [-0.2, 0) is 4.79 Å². The minimum atomic E-state index is -0.920. The fraction of sp³-hybridized carbons (Fsp3) is 0.111. The molecule has 0 saturated carbocycles. The second kappa shape index (κ2) is 8.14. The molecule has 0 spiro atoms. The Bertz CT molecular complexity index is 920. The Balaban J connectivity index is 2.32. The number of nitro groups is 1. The van der Waals surface area contributed by atoms with E-state index < -0.39 is 22.3 Å². The van der Waals surface area contributed by atoms with Crippen molar-refractivity contribution in [2.75, 3.05) is 0 Å². The van der Waals surface area contributed by atoms with Gasteiger partial charge in [0, 0.05) is 11.1 Å². The van der Waals surface area contributed by atoms with Gasteiger partial charge < -0.3 is 10.4 Å². The number of benzene rings is 2. The predicted octanol–water partition coefficient (Wildman–Crippen LogP) is 3.11. The molecule has 0 fully saturated rings. The lowest BCUT2D eigenvalue weighted by molar-refractivity contribution is -0.398. The van der Waals surface area contributed by atoms with E-state index in [4.69, 9.17) is 11.6 Å². The average Bonchev–Trinajstić information content (AvgIpc) is 2.62. The van der Waals surface area contributed by atoms with Crippen LogP contribution >= 0.6 is 11.6 Å². The van der Waals surface area contributed by atoms with Crippen molar-refractivity contribution in [3.05, 3.63) is 74.3 Å². The van der Waals surface area contributed by atoms with Gasteiger partial charge in [0.2, 0.25) is 0 Å². The molecular weight excluding hydrogens is 358 g/mol. The lowest BCUT2D eigenvalue weighted by atomic mass is 10.1. The van der Waals surface area contributed by atoms with Crippen molar-refractivity contribution in [2.24, 2.45) is 0 Å². The van der Waals surface area contributed by atoms with Gasteiger partial charge in [0.25, 0.3) is 11.6 Å². The molecule has 1 N–H and O–H groups in total. The number of nitrogens with one attached hydrogen (secondary N) is 1. The fourth-order valence-corrected chi connectivity index (χ4v) is 2.47. The number of nitriles is 1. The molecule has 1 atom stereocenters. The molecule has 2 aromatic carbocycles. The second-order valence-electron chi connectivity index (χ2n) is 5.38. The SMILES string of the molecule is C[C@@H](NC(=O)/C(C#N)=C/c1cc(Cl)cc([N+](=O)[O-])c1[O-])c1ccccc1. The van der Waals surface area contributed by atoms with Gasteiger partial charge in [-0.05, 0) is 35.9 Å². The van der Waals surface area contributed by atoms with Gasteiger partial charge in [0.15, 0.2) is 0 Å². The molecule has 0 unspecified atom stereocenters. The summed E-state index contributed by atoms with van der Waals surface area (Å²) >= 11 is 5.78. The molecule has 0 aliphatic heterocycles. The zero-order chi connectivity index (χ0) is 19.3. The van der Waals surface area contributed by atoms with E-state index in [0.29, 0.717) is 0 Å². The number of hydrogen-bond donors (Lipinski definition) is 1. The fourth-order valence-electron chi connectivity index (χ4n) is 2.25. The van der Waals surface area contributed by atoms with Crippen molar-refractivity contribution in [3.63, 3.8) is 0 Å². The molecule has 26 heavy (non-hydrogen) atoms. The monoisotopic (exact) mass is 370 g/mol. The van der Waals surface area contributed by atoms with Crippen molar-refractivity contribution < 1.29 is 14.8 Å². The van der Waals surface area contributed by atoms with Gasteiger partial charge in [0.05, 0.1) is 11.0 Å². The highest BCUT2D eigenvalue weighted by Gasteiger charge is 2.16. The lowest BCUT2D eigenvalue weighted by Crippen LogP contribution is -2.27. The highest BCUT2D eigenvalue weighted by Crippen LogP contribution is 2.32. The third-order valence-corrected chi connectivity index (χ3v) is 3.79. The van der Waals surface area contributed by atoms with E-state index in [1.807, 2.05) is 30.3 Å². The van der Waals surface area contributed by atoms with Gasteiger partial charge in [-0.1, -0.05) is 41.9 Å². The summed E-state index contributed by atoms with van der Waals surface area (Å²) in [5, 5.41) is 34.8. The highest BCUT2D eigenvalue weighted by atomic mass is 35.5. The van der Waals surface area contributed by atoms with Crippen LogP contribution in [0.5, 0.6) is 5.75 Å². The Morgan fingerprint density at radius 3 is 2.58 bits per heavy atom. The molecule has 0 aromatic heterocycles. The van der Waals surface area contributed by atoms with E-state index >= 15 is 0 Å². The van der Waals surface area contributed by atoms with Crippen molar-refractivity contribution in [3.8, 4) is 11.8 Å². The minimum absolute atomic E-state index is 0.0436. The number of carbonyl (C=O) groups is 1. The summed E-state index contributed by atoms with van der Waals surface area (Å²) in [4.78, 5) is 22.3. The van der Waals surface area contributed by atoms with Gasteiger partial charge in [-0.15, -0.1) is 0 Å². The van der Waals surface area contributed by atoms with Gasteiger partial charge in [-0.3, -0.25) is 14.9 Å². The average molecular weight is 371 g/mol. The predicted molar refractivity (Wildman–Crippen MR) is 94.1 cm³/mol. The molecule has 7 nitrogen and oxygen atoms in total. The van der Waals surface area contributed by atoms with Crippen molar-refractivity contribution in [1.82, 2.24) is 5.32 Å². The number of hydrogen-bond acceptors (Lipinski definition) is 5. The molecule has 132 valence electrons. The number of rotatable bonds is 5. The molecule has 0 saturated heterocycles. The Morgan fingerprint density at radius 1 is 1.35 bits per heavy atom. The van der Waals surface area contributed by atoms with Crippen LogP contribution < -0.4 is 10.4 Å². The van der Waals surface area contributed by atoms with Crippen LogP contribution in [0, 0.1) is 21.4 Å². The van der Waals surface area contributed by atoms with Crippen LogP contribution in [0.25, 0.3) is 6.08 Å². The lowest BCUT2D eigenvalue weighted by Gasteiger charge is -2.15. The van der Waals surface area contributed by atoms with E-state index in [1.54, 1.807) is 13.0 Å². The topological polar surface area (TPSA) is 119 Å². The maximum atomic E-state index is 12.3. The molecule has 2 aromatic rings. The van der Waals surface area contributed by atoms with Crippen LogP contribution in [0.2, 0.25) is 5.02 Å². The zero-order valence-electron chi connectivity index (χ0n) is 13.6. The van der Waals surface area contributed by atoms with Crippen LogP contribution in [0.1, 0.15) is 24.1 Å². The minimum Gasteiger partial charge on any atom is -0.867 e. The van der Waals surface area contributed by atoms with E-state index in [1.165, 1.54) is 6.07 Å². The molecule has 0 radical (unpaired) electrons. The van der Waals surface area contributed by atoms with Gasteiger partial charge in [-0.25, -0.2) is 0 Å². The molecule has 0 bridgehead atoms. The number of nitro benzene ring substituents is 1. The Hall–Kier alpha value is -3.37. The van der Waals surface area contributed by atoms with E-state index in [-0.39, 0.29) is 22.2 Å². The first kappa shape index (κ1) is 19.0. The molecule has 1 amide bonds. The summed E-state index contributed by atoms with van der Waals surface area (Å²) in [6.45, 7) is 1.74. The summed E-state index contributed by atoms with van der Waals surface area (Å²) in [6.07, 6.45) is 0.994. The molecule has 2 rings (SSSR count). The quantitative estimate of drug-likeness (QED) is 0.375. The largest absolute Gasteiger partial charge is 0.867 e. The Morgan fingerprint density at radius 2 is 2.00 bits per heavy atom. The van der Waals surface area contributed by atoms with Crippen molar-refractivity contribution in [2.45, 2.75) is 13.0 Å². The van der Waals surface area contributed by atoms with Crippen LogP contribution in [0.4, 0.5) is 5.69 Å². The Kier molecular flexibility index (Phi) is 5.94. The summed E-state index contributed by atoms with van der Waals surface area (Å²) in [5.74, 6) is -1.62. The maximum absolute atomic E-state index is 12.3. The van der Waals surface area contributed by atoms with Crippen LogP contribution in [0.15, 0.2) is 48.0 Å².